The number of aliphatic imine (C=N–C) groups is 1. The molecular formula is C23H37N3O2S. The van der Waals surface area contributed by atoms with Crippen molar-refractivity contribution in [3.05, 3.63) is 29.3 Å². The maximum absolute atomic E-state index is 12.7. The Hall–Kier alpha value is -1.53. The van der Waals surface area contributed by atoms with Crippen LogP contribution in [0.2, 0.25) is 0 Å². The second-order valence-electron chi connectivity index (χ2n) is 7.91. The van der Waals surface area contributed by atoms with Crippen LogP contribution in [0.4, 0.5) is 5.69 Å². The summed E-state index contributed by atoms with van der Waals surface area (Å²) in [7, 11) is 0. The van der Waals surface area contributed by atoms with Crippen LogP contribution in [0.1, 0.15) is 81.1 Å². The zero-order chi connectivity index (χ0) is 21.1. The standard InChI is InChI=1S/C23H37N3O2S/c1-17-20(22(28)26-23-25-18(2)19(3)29-23)13-12-14-21(17)24-15-10-8-6-4-5-7-9-11-16-27/h12-14,18-19,24,27H,4-11,15-16H2,1-3H3,(H,25,26,28). The van der Waals surface area contributed by atoms with Gasteiger partial charge in [-0.3, -0.25) is 9.79 Å². The summed E-state index contributed by atoms with van der Waals surface area (Å²) in [4.78, 5) is 17.2. The van der Waals surface area contributed by atoms with Crippen molar-refractivity contribution in [2.75, 3.05) is 18.5 Å². The normalized spacial score (nSPS) is 18.6. The molecule has 0 spiro atoms. The fourth-order valence-corrected chi connectivity index (χ4v) is 4.40. The average molecular weight is 420 g/mol. The Labute approximate surface area is 180 Å². The van der Waals surface area contributed by atoms with Gasteiger partial charge in [0.05, 0.1) is 6.04 Å². The fraction of sp³-hybridized carbons (Fsp3) is 0.652. The predicted molar refractivity (Wildman–Crippen MR) is 125 cm³/mol. The molecule has 1 aromatic rings. The van der Waals surface area contributed by atoms with Crippen molar-refractivity contribution < 1.29 is 9.90 Å². The van der Waals surface area contributed by atoms with Crippen LogP contribution in [-0.2, 0) is 0 Å². The molecule has 0 fully saturated rings. The Morgan fingerprint density at radius 3 is 2.34 bits per heavy atom. The molecule has 2 unspecified atom stereocenters. The van der Waals surface area contributed by atoms with Gasteiger partial charge in [0, 0.05) is 29.7 Å². The lowest BCUT2D eigenvalue weighted by Crippen LogP contribution is -2.28. The Bertz CT molecular complexity index is 678. The van der Waals surface area contributed by atoms with Crippen molar-refractivity contribution in [2.24, 2.45) is 4.99 Å². The highest BCUT2D eigenvalue weighted by atomic mass is 32.2. The van der Waals surface area contributed by atoms with Crippen LogP contribution in [0.15, 0.2) is 23.2 Å². The van der Waals surface area contributed by atoms with Crippen molar-refractivity contribution >= 4 is 28.5 Å². The molecule has 1 aliphatic heterocycles. The van der Waals surface area contributed by atoms with E-state index in [1.807, 2.05) is 25.1 Å². The molecule has 1 amide bonds. The Morgan fingerprint density at radius 2 is 1.72 bits per heavy atom. The second kappa shape index (κ2) is 12.9. The van der Waals surface area contributed by atoms with Gasteiger partial charge in [0.1, 0.15) is 0 Å². The first-order valence-corrected chi connectivity index (χ1v) is 11.9. The number of thioether (sulfide) groups is 1. The van der Waals surface area contributed by atoms with Gasteiger partial charge in [-0.25, -0.2) is 0 Å². The zero-order valence-electron chi connectivity index (χ0n) is 18.2. The number of anilines is 1. The number of amides is 1. The van der Waals surface area contributed by atoms with Gasteiger partial charge in [-0.05, 0) is 44.4 Å². The van der Waals surface area contributed by atoms with Gasteiger partial charge in [-0.2, -0.15) is 0 Å². The largest absolute Gasteiger partial charge is 0.396 e. The van der Waals surface area contributed by atoms with Crippen LogP contribution in [0, 0.1) is 6.92 Å². The van der Waals surface area contributed by atoms with E-state index in [-0.39, 0.29) is 11.9 Å². The first kappa shape index (κ1) is 23.7. The molecule has 0 radical (unpaired) electrons. The van der Waals surface area contributed by atoms with Crippen molar-refractivity contribution in [2.45, 2.75) is 83.4 Å². The molecule has 6 heteroatoms. The smallest absolute Gasteiger partial charge is 0.257 e. The summed E-state index contributed by atoms with van der Waals surface area (Å²) < 4.78 is 0. The molecule has 5 nitrogen and oxygen atoms in total. The minimum Gasteiger partial charge on any atom is -0.396 e. The minimum absolute atomic E-state index is 0.0834. The molecule has 1 heterocycles. The van der Waals surface area contributed by atoms with Crippen LogP contribution in [0.25, 0.3) is 0 Å². The van der Waals surface area contributed by atoms with Gasteiger partial charge >= 0.3 is 0 Å². The highest BCUT2D eigenvalue weighted by Crippen LogP contribution is 2.26. The zero-order valence-corrected chi connectivity index (χ0v) is 19.0. The van der Waals surface area contributed by atoms with E-state index in [1.165, 1.54) is 32.1 Å². The second-order valence-corrected chi connectivity index (χ2v) is 9.27. The van der Waals surface area contributed by atoms with E-state index in [0.717, 1.165) is 42.2 Å². The summed E-state index contributed by atoms with van der Waals surface area (Å²) in [6, 6.07) is 6.09. The molecule has 2 rings (SSSR count). The van der Waals surface area contributed by atoms with E-state index < -0.39 is 0 Å². The van der Waals surface area contributed by atoms with E-state index >= 15 is 0 Å². The van der Waals surface area contributed by atoms with Gasteiger partial charge in [0.15, 0.2) is 5.17 Å². The maximum Gasteiger partial charge on any atom is 0.257 e. The highest BCUT2D eigenvalue weighted by molar-refractivity contribution is 8.14. The summed E-state index contributed by atoms with van der Waals surface area (Å²) >= 11 is 1.63. The number of rotatable bonds is 12. The van der Waals surface area contributed by atoms with Crippen molar-refractivity contribution in [1.82, 2.24) is 5.32 Å². The molecule has 0 saturated carbocycles. The Kier molecular flexibility index (Phi) is 10.6. The van der Waals surface area contributed by atoms with E-state index in [2.05, 4.69) is 29.5 Å². The van der Waals surface area contributed by atoms with E-state index in [9.17, 15) is 4.79 Å². The van der Waals surface area contributed by atoms with Crippen LogP contribution < -0.4 is 10.6 Å². The Morgan fingerprint density at radius 1 is 1.07 bits per heavy atom. The van der Waals surface area contributed by atoms with Gasteiger partial charge in [-0.15, -0.1) is 0 Å². The monoisotopic (exact) mass is 419 g/mol. The Balaban J connectivity index is 1.71. The molecule has 29 heavy (non-hydrogen) atoms. The first-order chi connectivity index (χ1) is 14.0. The summed E-state index contributed by atoms with van der Waals surface area (Å²) in [5.41, 5.74) is 2.72. The number of carbonyl (C=O) groups is 1. The SMILES string of the molecule is Cc1c(NCCCCCCCCCCO)cccc1C(=O)NC1=NC(C)C(C)S1. The van der Waals surface area contributed by atoms with E-state index in [1.54, 1.807) is 11.8 Å². The molecule has 0 aliphatic carbocycles. The molecular weight excluding hydrogens is 382 g/mol. The number of aliphatic hydroxyl groups excluding tert-OH is 1. The third kappa shape index (κ3) is 8.01. The van der Waals surface area contributed by atoms with Crippen molar-refractivity contribution in [1.29, 1.82) is 0 Å². The molecule has 1 aromatic carbocycles. The third-order valence-corrected chi connectivity index (χ3v) is 6.69. The molecule has 2 atom stereocenters. The van der Waals surface area contributed by atoms with E-state index in [0.29, 0.717) is 17.4 Å². The lowest BCUT2D eigenvalue weighted by molar-refractivity contribution is 0.0977. The van der Waals surface area contributed by atoms with Crippen molar-refractivity contribution in [3.8, 4) is 0 Å². The summed E-state index contributed by atoms with van der Waals surface area (Å²) in [5.74, 6) is -0.0834. The van der Waals surface area contributed by atoms with Gasteiger partial charge in [0.25, 0.3) is 5.91 Å². The van der Waals surface area contributed by atoms with Gasteiger partial charge in [-0.1, -0.05) is 63.3 Å². The number of carbonyl (C=O) groups excluding carboxylic acids is 1. The van der Waals surface area contributed by atoms with Crippen LogP contribution in [0.3, 0.4) is 0 Å². The maximum atomic E-state index is 12.7. The highest BCUT2D eigenvalue weighted by Gasteiger charge is 2.24. The number of benzene rings is 1. The first-order valence-electron chi connectivity index (χ1n) is 11.0. The molecule has 0 saturated heterocycles. The number of nitrogens with zero attached hydrogens (tertiary/aromatic N) is 1. The summed E-state index contributed by atoms with van der Waals surface area (Å²) in [6.45, 7) is 7.45. The quantitative estimate of drug-likeness (QED) is 0.411. The number of hydrogen-bond acceptors (Lipinski definition) is 5. The number of aliphatic hydroxyl groups is 1. The molecule has 0 bridgehead atoms. The fourth-order valence-electron chi connectivity index (χ4n) is 3.41. The summed E-state index contributed by atoms with van der Waals surface area (Å²) in [5, 5.41) is 16.4. The van der Waals surface area contributed by atoms with Crippen LogP contribution >= 0.6 is 11.8 Å². The molecule has 1 aliphatic rings. The number of hydrogen-bond donors (Lipinski definition) is 3. The average Bonchev–Trinajstić information content (AvgIpc) is 3.01. The molecule has 162 valence electrons. The number of nitrogens with one attached hydrogen (secondary N) is 2. The van der Waals surface area contributed by atoms with Crippen LogP contribution in [0.5, 0.6) is 0 Å². The molecule has 3 N–H and O–H groups in total. The van der Waals surface area contributed by atoms with E-state index in [4.69, 9.17) is 5.11 Å². The minimum atomic E-state index is -0.0834. The third-order valence-electron chi connectivity index (χ3n) is 5.50. The van der Waals surface area contributed by atoms with Gasteiger partial charge < -0.3 is 15.7 Å². The topological polar surface area (TPSA) is 73.7 Å². The van der Waals surface area contributed by atoms with Crippen molar-refractivity contribution in [3.63, 3.8) is 0 Å². The van der Waals surface area contributed by atoms with Gasteiger partial charge in [0.2, 0.25) is 0 Å². The lowest BCUT2D eigenvalue weighted by Gasteiger charge is -2.13. The predicted octanol–water partition coefficient (Wildman–Crippen LogP) is 5.13. The van der Waals surface area contributed by atoms with Crippen LogP contribution in [-0.4, -0.2) is 40.6 Å². The number of unbranched alkanes of at least 4 members (excludes halogenated alkanes) is 7. The summed E-state index contributed by atoms with van der Waals surface area (Å²) in [6.07, 6.45) is 9.48. The number of amidine groups is 1. The molecule has 0 aromatic heterocycles. The lowest BCUT2D eigenvalue weighted by atomic mass is 10.1.